The van der Waals surface area contributed by atoms with E-state index in [-0.39, 0.29) is 37.6 Å². The third kappa shape index (κ3) is 5.29. The monoisotopic (exact) mass is 734 g/mol. The van der Waals surface area contributed by atoms with Gasteiger partial charge in [-0.15, -0.1) is 34.9 Å². The van der Waals surface area contributed by atoms with Crippen molar-refractivity contribution >= 4 is 22.0 Å². The third-order valence-electron chi connectivity index (χ3n) is 7.79. The number of aromatic nitrogens is 2. The van der Waals surface area contributed by atoms with Crippen molar-refractivity contribution < 1.29 is 30.6 Å². The van der Waals surface area contributed by atoms with E-state index in [2.05, 4.69) is 97.0 Å². The van der Waals surface area contributed by atoms with E-state index in [4.69, 9.17) is 14.4 Å². The number of nitrogens with zero attached hydrogens (tertiary/aromatic N) is 2. The second-order valence-corrected chi connectivity index (χ2v) is 12.9. The summed E-state index contributed by atoms with van der Waals surface area (Å²) >= 11 is 0. The maximum absolute atomic E-state index is 10.6. The number of hydrogen-bond donors (Lipinski definition) is 1. The van der Waals surface area contributed by atoms with Gasteiger partial charge in [-0.25, -0.2) is 4.98 Å². The summed E-state index contributed by atoms with van der Waals surface area (Å²) in [5.41, 5.74) is 10.2. The van der Waals surface area contributed by atoms with Crippen molar-refractivity contribution in [3.8, 4) is 39.5 Å². The van der Waals surface area contributed by atoms with Crippen LogP contribution >= 0.6 is 0 Å². The van der Waals surface area contributed by atoms with E-state index in [0.717, 1.165) is 49.8 Å². The Morgan fingerprint density at radius 1 is 0.738 bits per heavy atom. The molecule has 0 aliphatic heterocycles. The predicted molar refractivity (Wildman–Crippen MR) is 168 cm³/mol. The van der Waals surface area contributed by atoms with E-state index in [0.29, 0.717) is 11.5 Å². The molecule has 0 fully saturated rings. The SMILES string of the molecule is Cc1ccnc2c(-c3[c-]c(-c4ccc(C(C)(C)C)c5oc(-c6ccccc6O)nc45)cc(C(C)(C)C)c3)cccc12.[Pt]. The molecule has 4 aromatic carbocycles. The standard InChI is InChI=1S/C37H35N2O2.Pt/c1-22-17-18-38-32-26(22)12-10-13-27(32)23-19-24(21-25(20-23)36(2,3)4)28-15-16-30(37(5,6)7)34-33(28)39-35(41-34)29-11-8-9-14-31(29)40;/h8-18,20-21,40H,1-7H3;/q-1;. The van der Waals surface area contributed by atoms with Crippen LogP contribution in [0.25, 0.3) is 55.7 Å². The summed E-state index contributed by atoms with van der Waals surface area (Å²) < 4.78 is 6.44. The van der Waals surface area contributed by atoms with Crippen molar-refractivity contribution in [3.63, 3.8) is 0 Å². The molecule has 216 valence electrons. The summed E-state index contributed by atoms with van der Waals surface area (Å²) in [6.45, 7) is 15.3. The largest absolute Gasteiger partial charge is 0.507 e. The van der Waals surface area contributed by atoms with Crippen LogP contribution in [-0.2, 0) is 31.9 Å². The molecular formula is C37H35N2O2Pt-. The summed E-state index contributed by atoms with van der Waals surface area (Å²) in [5.74, 6) is 0.539. The van der Waals surface area contributed by atoms with Gasteiger partial charge < -0.3 is 9.52 Å². The molecule has 0 unspecified atom stereocenters. The van der Waals surface area contributed by atoms with Gasteiger partial charge in [0.05, 0.1) is 11.1 Å². The van der Waals surface area contributed by atoms with Crippen LogP contribution in [0.3, 0.4) is 0 Å². The number of phenols is 1. The molecule has 2 aromatic heterocycles. The number of hydrogen-bond acceptors (Lipinski definition) is 4. The van der Waals surface area contributed by atoms with Gasteiger partial charge in [0.15, 0.2) is 5.58 Å². The molecule has 0 atom stereocenters. The Morgan fingerprint density at radius 2 is 1.40 bits per heavy atom. The minimum Gasteiger partial charge on any atom is -0.507 e. The number of pyridine rings is 1. The molecular weight excluding hydrogens is 699 g/mol. The maximum Gasteiger partial charge on any atom is 0.230 e. The van der Waals surface area contributed by atoms with Crippen LogP contribution < -0.4 is 0 Å². The number of rotatable bonds is 3. The summed E-state index contributed by atoms with van der Waals surface area (Å²) in [6.07, 6.45) is 1.88. The van der Waals surface area contributed by atoms with Gasteiger partial charge in [0.25, 0.3) is 0 Å². The predicted octanol–water partition coefficient (Wildman–Crippen LogP) is 9.78. The summed E-state index contributed by atoms with van der Waals surface area (Å²) in [4.78, 5) is 9.77. The van der Waals surface area contributed by atoms with Crippen LogP contribution in [0.15, 0.2) is 83.4 Å². The van der Waals surface area contributed by atoms with Gasteiger partial charge in [0.1, 0.15) is 5.75 Å². The van der Waals surface area contributed by atoms with E-state index in [9.17, 15) is 5.11 Å². The Balaban J connectivity index is 0.00000353. The minimum atomic E-state index is -0.166. The first-order valence-electron chi connectivity index (χ1n) is 14.1. The fourth-order valence-corrected chi connectivity index (χ4v) is 5.41. The van der Waals surface area contributed by atoms with Crippen molar-refractivity contribution in [1.29, 1.82) is 0 Å². The number of phenolic OH excluding ortho intramolecular Hbond substituents is 1. The van der Waals surface area contributed by atoms with Crippen LogP contribution in [0.2, 0.25) is 0 Å². The number of aryl methyl sites for hydroxylation is 1. The Hall–Kier alpha value is -3.75. The van der Waals surface area contributed by atoms with Gasteiger partial charge in [-0.1, -0.05) is 95.1 Å². The van der Waals surface area contributed by atoms with Gasteiger partial charge in [-0.3, -0.25) is 4.98 Å². The van der Waals surface area contributed by atoms with E-state index >= 15 is 0 Å². The first-order chi connectivity index (χ1) is 19.4. The van der Waals surface area contributed by atoms with Crippen LogP contribution in [0.4, 0.5) is 0 Å². The maximum atomic E-state index is 10.6. The molecule has 0 bridgehead atoms. The molecule has 5 heteroatoms. The number of benzene rings is 4. The average Bonchev–Trinajstić information content (AvgIpc) is 3.36. The van der Waals surface area contributed by atoms with Crippen molar-refractivity contribution in [1.82, 2.24) is 9.97 Å². The molecule has 6 aromatic rings. The molecule has 1 N–H and O–H groups in total. The third-order valence-corrected chi connectivity index (χ3v) is 7.79. The van der Waals surface area contributed by atoms with E-state index < -0.39 is 0 Å². The molecule has 4 nitrogen and oxygen atoms in total. The molecule has 0 aliphatic rings. The van der Waals surface area contributed by atoms with E-state index in [1.54, 1.807) is 12.1 Å². The summed E-state index contributed by atoms with van der Waals surface area (Å²) in [7, 11) is 0. The molecule has 6 rings (SSSR count). The molecule has 0 radical (unpaired) electrons. The Bertz CT molecular complexity index is 1940. The number of para-hydroxylation sites is 2. The van der Waals surface area contributed by atoms with Gasteiger partial charge in [-0.2, -0.15) is 0 Å². The van der Waals surface area contributed by atoms with Crippen LogP contribution in [0, 0.1) is 13.0 Å². The topological polar surface area (TPSA) is 59.2 Å². The van der Waals surface area contributed by atoms with Crippen LogP contribution in [0.1, 0.15) is 58.2 Å². The number of aromatic hydroxyl groups is 1. The van der Waals surface area contributed by atoms with Crippen LogP contribution in [0.5, 0.6) is 5.75 Å². The first-order valence-corrected chi connectivity index (χ1v) is 14.1. The second kappa shape index (κ2) is 10.8. The van der Waals surface area contributed by atoms with E-state index in [1.165, 1.54) is 11.1 Å². The van der Waals surface area contributed by atoms with Crippen molar-refractivity contribution in [2.24, 2.45) is 0 Å². The smallest absolute Gasteiger partial charge is 0.230 e. The van der Waals surface area contributed by atoms with Gasteiger partial charge in [-0.05, 0) is 46.9 Å². The molecule has 0 aliphatic carbocycles. The number of oxazole rings is 1. The molecule has 2 heterocycles. The molecule has 0 saturated heterocycles. The normalized spacial score (nSPS) is 12.1. The summed E-state index contributed by atoms with van der Waals surface area (Å²) in [5, 5.41) is 11.7. The molecule has 0 saturated carbocycles. The zero-order chi connectivity index (χ0) is 29.1. The zero-order valence-corrected chi connectivity index (χ0v) is 27.3. The Morgan fingerprint density at radius 3 is 2.07 bits per heavy atom. The average molecular weight is 735 g/mol. The molecule has 0 spiro atoms. The van der Waals surface area contributed by atoms with Crippen molar-refractivity contribution in [2.45, 2.75) is 59.3 Å². The fraction of sp³-hybridized carbons (Fsp3) is 0.243. The van der Waals surface area contributed by atoms with Gasteiger partial charge in [0.2, 0.25) is 5.89 Å². The Labute approximate surface area is 262 Å². The summed E-state index contributed by atoms with van der Waals surface area (Å²) in [6, 6.07) is 28.0. The minimum absolute atomic E-state index is 0. The molecule has 0 amide bonds. The second-order valence-electron chi connectivity index (χ2n) is 12.9. The first kappa shape index (κ1) is 29.7. The van der Waals surface area contributed by atoms with Gasteiger partial charge in [0, 0.05) is 38.3 Å². The Kier molecular flexibility index (Phi) is 7.66. The van der Waals surface area contributed by atoms with Crippen LogP contribution in [-0.4, -0.2) is 15.1 Å². The zero-order valence-electron chi connectivity index (χ0n) is 25.1. The number of fused-ring (bicyclic) bond motifs is 2. The van der Waals surface area contributed by atoms with E-state index in [1.807, 2.05) is 24.4 Å². The quantitative estimate of drug-likeness (QED) is 0.184. The van der Waals surface area contributed by atoms with Crippen molar-refractivity contribution in [3.05, 3.63) is 102 Å². The van der Waals surface area contributed by atoms with Gasteiger partial charge >= 0.3 is 0 Å². The fourth-order valence-electron chi connectivity index (χ4n) is 5.41. The van der Waals surface area contributed by atoms with Crippen molar-refractivity contribution in [2.75, 3.05) is 0 Å². The molecule has 42 heavy (non-hydrogen) atoms.